The van der Waals surface area contributed by atoms with Gasteiger partial charge in [-0.15, -0.1) is 11.3 Å². The minimum Gasteiger partial charge on any atom is -0.309 e. The molecule has 1 aliphatic rings. The fourth-order valence-corrected chi connectivity index (χ4v) is 4.26. The average Bonchev–Trinajstić information content (AvgIpc) is 2.87. The van der Waals surface area contributed by atoms with Crippen molar-refractivity contribution in [3.8, 4) is 10.6 Å². The Morgan fingerprint density at radius 2 is 2.35 bits per heavy atom. The highest BCUT2D eigenvalue weighted by Gasteiger charge is 2.24. The number of aromatic nitrogens is 1. The van der Waals surface area contributed by atoms with Crippen molar-refractivity contribution in [2.45, 2.75) is 32.2 Å². The second-order valence-electron chi connectivity index (χ2n) is 4.96. The lowest BCUT2D eigenvalue weighted by atomic mass is 9.98. The van der Waals surface area contributed by atoms with Crippen molar-refractivity contribution in [3.05, 3.63) is 38.3 Å². The maximum atomic E-state index is 6.19. The van der Waals surface area contributed by atoms with Gasteiger partial charge in [0, 0.05) is 21.0 Å². The smallest absolute Gasteiger partial charge is 0.123 e. The fraction of sp³-hybridized carbons (Fsp3) is 0.400. The highest BCUT2D eigenvalue weighted by atomic mass is 79.9. The summed E-state index contributed by atoms with van der Waals surface area (Å²) in [5, 5.41) is 5.38. The summed E-state index contributed by atoms with van der Waals surface area (Å²) in [5.74, 6) is 0. The van der Waals surface area contributed by atoms with Crippen molar-refractivity contribution in [2.24, 2.45) is 0 Å². The van der Waals surface area contributed by atoms with Crippen LogP contribution in [0.5, 0.6) is 0 Å². The van der Waals surface area contributed by atoms with Gasteiger partial charge in [0.05, 0.1) is 10.7 Å². The van der Waals surface area contributed by atoms with E-state index in [0.717, 1.165) is 33.0 Å². The molecule has 5 heteroatoms. The van der Waals surface area contributed by atoms with Crippen molar-refractivity contribution >= 4 is 38.9 Å². The zero-order valence-electron chi connectivity index (χ0n) is 11.2. The van der Waals surface area contributed by atoms with Crippen LogP contribution in [0.1, 0.15) is 36.4 Å². The van der Waals surface area contributed by atoms with Gasteiger partial charge >= 0.3 is 0 Å². The van der Waals surface area contributed by atoms with E-state index in [-0.39, 0.29) is 0 Å². The van der Waals surface area contributed by atoms with Crippen LogP contribution < -0.4 is 5.32 Å². The maximum Gasteiger partial charge on any atom is 0.123 e. The van der Waals surface area contributed by atoms with Gasteiger partial charge in [0.1, 0.15) is 5.01 Å². The van der Waals surface area contributed by atoms with Gasteiger partial charge in [0.15, 0.2) is 0 Å². The third-order valence-electron chi connectivity index (χ3n) is 3.57. The molecule has 0 saturated carbocycles. The number of hydrogen-bond donors (Lipinski definition) is 1. The highest BCUT2D eigenvalue weighted by molar-refractivity contribution is 9.10. The van der Waals surface area contributed by atoms with Crippen LogP contribution in [0, 0.1) is 0 Å². The van der Waals surface area contributed by atoms with Gasteiger partial charge in [-0.25, -0.2) is 4.98 Å². The first kappa shape index (κ1) is 14.5. The van der Waals surface area contributed by atoms with E-state index in [1.165, 1.54) is 23.4 Å². The SMILES string of the molecule is CCNC1CCCc2nc(-c3ccc(Br)c(Cl)c3)sc21. The largest absolute Gasteiger partial charge is 0.309 e. The number of rotatable bonds is 3. The molecule has 0 fully saturated rings. The second kappa shape index (κ2) is 6.14. The molecule has 0 spiro atoms. The van der Waals surface area contributed by atoms with E-state index >= 15 is 0 Å². The molecule has 1 unspecified atom stereocenters. The number of thiazole rings is 1. The number of aryl methyl sites for hydroxylation is 1. The van der Waals surface area contributed by atoms with E-state index in [0.29, 0.717) is 6.04 Å². The van der Waals surface area contributed by atoms with E-state index in [4.69, 9.17) is 16.6 Å². The van der Waals surface area contributed by atoms with Gasteiger partial charge in [-0.3, -0.25) is 0 Å². The van der Waals surface area contributed by atoms with Crippen LogP contribution in [-0.4, -0.2) is 11.5 Å². The molecule has 106 valence electrons. The molecule has 1 aliphatic carbocycles. The van der Waals surface area contributed by atoms with Crippen LogP contribution in [-0.2, 0) is 6.42 Å². The van der Waals surface area contributed by atoms with Gasteiger partial charge in [0.2, 0.25) is 0 Å². The predicted octanol–water partition coefficient (Wildman–Crippen LogP) is 5.21. The van der Waals surface area contributed by atoms with Crippen molar-refractivity contribution in [3.63, 3.8) is 0 Å². The Bertz CT molecular complexity index is 626. The van der Waals surface area contributed by atoms with Gasteiger partial charge in [0.25, 0.3) is 0 Å². The van der Waals surface area contributed by atoms with E-state index in [1.807, 2.05) is 12.1 Å². The molecule has 0 saturated heterocycles. The van der Waals surface area contributed by atoms with Crippen LogP contribution in [0.3, 0.4) is 0 Å². The van der Waals surface area contributed by atoms with Crippen LogP contribution in [0.4, 0.5) is 0 Å². The molecule has 20 heavy (non-hydrogen) atoms. The first-order valence-electron chi connectivity index (χ1n) is 6.87. The molecule has 2 nitrogen and oxygen atoms in total. The van der Waals surface area contributed by atoms with Crippen molar-refractivity contribution < 1.29 is 0 Å². The molecule has 1 heterocycles. The average molecular weight is 372 g/mol. The van der Waals surface area contributed by atoms with E-state index < -0.39 is 0 Å². The molecule has 0 amide bonds. The Morgan fingerprint density at radius 1 is 1.50 bits per heavy atom. The number of benzene rings is 1. The Kier molecular flexibility index (Phi) is 4.46. The molecule has 1 atom stereocenters. The zero-order valence-corrected chi connectivity index (χ0v) is 14.4. The molecule has 2 aromatic rings. The van der Waals surface area contributed by atoms with Crippen molar-refractivity contribution in [1.29, 1.82) is 0 Å². The molecule has 1 aromatic carbocycles. The van der Waals surface area contributed by atoms with Gasteiger partial charge < -0.3 is 5.32 Å². The normalized spacial score (nSPS) is 18.1. The molecule has 1 N–H and O–H groups in total. The standard InChI is InChI=1S/C15H16BrClN2S/c1-2-18-12-4-3-5-13-14(12)20-15(19-13)9-6-7-10(16)11(17)8-9/h6-8,12,18H,2-5H2,1H3. The summed E-state index contributed by atoms with van der Waals surface area (Å²) < 4.78 is 0.926. The van der Waals surface area contributed by atoms with E-state index in [2.05, 4.69) is 34.2 Å². The Morgan fingerprint density at radius 3 is 3.10 bits per heavy atom. The summed E-state index contributed by atoms with van der Waals surface area (Å²) in [4.78, 5) is 6.24. The van der Waals surface area contributed by atoms with Crippen LogP contribution in [0.25, 0.3) is 10.6 Å². The van der Waals surface area contributed by atoms with Gasteiger partial charge in [-0.05, 0) is 53.9 Å². The van der Waals surface area contributed by atoms with Crippen LogP contribution >= 0.6 is 38.9 Å². The molecular formula is C15H16BrClN2S. The number of hydrogen-bond acceptors (Lipinski definition) is 3. The highest BCUT2D eigenvalue weighted by Crippen LogP contribution is 2.39. The summed E-state index contributed by atoms with van der Waals surface area (Å²) in [7, 11) is 0. The first-order chi connectivity index (χ1) is 9.69. The van der Waals surface area contributed by atoms with Gasteiger partial charge in [-0.1, -0.05) is 24.6 Å². The van der Waals surface area contributed by atoms with E-state index in [9.17, 15) is 0 Å². The fourth-order valence-electron chi connectivity index (χ4n) is 2.61. The number of nitrogens with one attached hydrogen (secondary N) is 1. The molecular weight excluding hydrogens is 356 g/mol. The Balaban J connectivity index is 1.97. The predicted molar refractivity (Wildman–Crippen MR) is 89.6 cm³/mol. The number of fused-ring (bicyclic) bond motifs is 1. The third kappa shape index (κ3) is 2.80. The summed E-state index contributed by atoms with van der Waals surface area (Å²) in [5.41, 5.74) is 2.37. The Hall–Kier alpha value is -0.420. The first-order valence-corrected chi connectivity index (χ1v) is 8.86. The second-order valence-corrected chi connectivity index (χ2v) is 7.25. The minimum atomic E-state index is 0.473. The lowest BCUT2D eigenvalue weighted by Crippen LogP contribution is -2.23. The van der Waals surface area contributed by atoms with Crippen LogP contribution in [0.2, 0.25) is 5.02 Å². The molecule has 0 aliphatic heterocycles. The lowest BCUT2D eigenvalue weighted by Gasteiger charge is -2.21. The quantitative estimate of drug-likeness (QED) is 0.800. The van der Waals surface area contributed by atoms with E-state index in [1.54, 1.807) is 11.3 Å². The summed E-state index contributed by atoms with van der Waals surface area (Å²) in [6.45, 7) is 3.16. The van der Waals surface area contributed by atoms with Crippen molar-refractivity contribution in [1.82, 2.24) is 10.3 Å². The molecule has 3 rings (SSSR count). The molecule has 1 aromatic heterocycles. The van der Waals surface area contributed by atoms with Gasteiger partial charge in [-0.2, -0.15) is 0 Å². The monoisotopic (exact) mass is 370 g/mol. The summed E-state index contributed by atoms with van der Waals surface area (Å²) >= 11 is 11.4. The minimum absolute atomic E-state index is 0.473. The van der Waals surface area contributed by atoms with Crippen molar-refractivity contribution in [2.75, 3.05) is 6.54 Å². The number of nitrogens with zero attached hydrogens (tertiary/aromatic N) is 1. The summed E-state index contributed by atoms with van der Waals surface area (Å²) in [6, 6.07) is 6.52. The Labute approximate surface area is 136 Å². The molecule has 0 bridgehead atoms. The lowest BCUT2D eigenvalue weighted by molar-refractivity contribution is 0.476. The number of halogens is 2. The van der Waals surface area contributed by atoms with Crippen LogP contribution in [0.15, 0.2) is 22.7 Å². The zero-order chi connectivity index (χ0) is 14.1. The topological polar surface area (TPSA) is 24.9 Å². The molecule has 0 radical (unpaired) electrons. The third-order valence-corrected chi connectivity index (χ3v) is 6.06. The summed E-state index contributed by atoms with van der Waals surface area (Å²) in [6.07, 6.45) is 3.52. The maximum absolute atomic E-state index is 6.19.